The van der Waals surface area contributed by atoms with Crippen molar-refractivity contribution < 1.29 is 27.6 Å². The predicted molar refractivity (Wildman–Crippen MR) is 157 cm³/mol. The minimum Gasteiger partial charge on any atom is -0.351 e. The Bertz CT molecular complexity index is 1580. The first-order chi connectivity index (χ1) is 21.2. The summed E-state index contributed by atoms with van der Waals surface area (Å²) in [4.78, 5) is 44.0. The SMILES string of the molecule is N#Cc1cccc(N2CCCC2=O)c1.O=CN(c1cncc(F)c1)C1(C(=O)NC2CCC(F)(F)CC2)CCc2ccccc21. The van der Waals surface area contributed by atoms with Crippen molar-refractivity contribution in [1.29, 1.82) is 5.26 Å². The molecule has 11 heteroatoms. The van der Waals surface area contributed by atoms with Gasteiger partial charge in [0.05, 0.1) is 29.7 Å². The van der Waals surface area contributed by atoms with Crippen molar-refractivity contribution in [3.8, 4) is 6.07 Å². The molecule has 2 fully saturated rings. The van der Waals surface area contributed by atoms with Gasteiger partial charge in [0.25, 0.3) is 5.91 Å². The Balaban J connectivity index is 0.000000229. The van der Waals surface area contributed by atoms with Gasteiger partial charge in [-0.1, -0.05) is 30.3 Å². The molecule has 1 saturated heterocycles. The number of carbonyl (C=O) groups is 3. The summed E-state index contributed by atoms with van der Waals surface area (Å²) < 4.78 is 40.9. The highest BCUT2D eigenvalue weighted by molar-refractivity contribution is 5.98. The lowest BCUT2D eigenvalue weighted by Crippen LogP contribution is -2.57. The van der Waals surface area contributed by atoms with Gasteiger partial charge in [0.15, 0.2) is 5.54 Å². The maximum absolute atomic E-state index is 13.8. The minimum absolute atomic E-state index is 0.153. The van der Waals surface area contributed by atoms with Gasteiger partial charge in [-0.25, -0.2) is 13.2 Å². The van der Waals surface area contributed by atoms with E-state index in [0.717, 1.165) is 36.5 Å². The number of hydrogen-bond donors (Lipinski definition) is 1. The number of nitriles is 1. The zero-order valence-corrected chi connectivity index (χ0v) is 24.0. The average molecular weight is 604 g/mol. The van der Waals surface area contributed by atoms with Crippen LogP contribution in [-0.2, 0) is 26.3 Å². The second kappa shape index (κ2) is 12.9. The van der Waals surface area contributed by atoms with Gasteiger partial charge in [-0.2, -0.15) is 5.26 Å². The Morgan fingerprint density at radius 2 is 1.84 bits per heavy atom. The standard InChI is InChI=1S/C22H22F3N3O2.C11H10N2O/c23-16-11-18(13-26-12-16)28(14-29)22(10-5-15-3-1-2-4-19(15)22)20(30)27-17-6-8-21(24,25)9-7-17;12-8-9-3-1-4-10(7-9)13-6-2-5-11(13)14/h1-4,11-14,17H,5-10H2,(H,27,30);1,3-4,7H,2,5-6H2. The molecule has 2 heterocycles. The van der Waals surface area contributed by atoms with Crippen LogP contribution in [0.1, 0.15) is 61.6 Å². The van der Waals surface area contributed by atoms with Crippen molar-refractivity contribution in [3.63, 3.8) is 0 Å². The van der Waals surface area contributed by atoms with E-state index in [4.69, 9.17) is 5.26 Å². The van der Waals surface area contributed by atoms with E-state index in [2.05, 4.69) is 16.4 Å². The molecule has 2 aromatic carbocycles. The van der Waals surface area contributed by atoms with Gasteiger partial charge in [-0.3, -0.25) is 24.3 Å². The first-order valence-corrected chi connectivity index (χ1v) is 14.6. The molecule has 1 unspecified atom stereocenters. The Hall–Kier alpha value is -4.72. The monoisotopic (exact) mass is 603 g/mol. The summed E-state index contributed by atoms with van der Waals surface area (Å²) >= 11 is 0. The largest absolute Gasteiger partial charge is 0.351 e. The van der Waals surface area contributed by atoms with E-state index in [-0.39, 0.29) is 37.3 Å². The molecule has 1 N–H and O–H groups in total. The molecule has 1 saturated carbocycles. The molecular weight excluding hydrogens is 571 g/mol. The highest BCUT2D eigenvalue weighted by Gasteiger charge is 2.51. The maximum Gasteiger partial charge on any atom is 0.251 e. The molecule has 1 aliphatic heterocycles. The van der Waals surface area contributed by atoms with Gasteiger partial charge in [0.1, 0.15) is 5.82 Å². The summed E-state index contributed by atoms with van der Waals surface area (Å²) in [7, 11) is 0. The van der Waals surface area contributed by atoms with Gasteiger partial charge < -0.3 is 10.2 Å². The van der Waals surface area contributed by atoms with Gasteiger partial charge in [0, 0.05) is 43.6 Å². The number of fused-ring (bicyclic) bond motifs is 1. The lowest BCUT2D eigenvalue weighted by molar-refractivity contribution is -0.130. The van der Waals surface area contributed by atoms with Gasteiger partial charge in [-0.05, 0) is 61.4 Å². The molecule has 3 aromatic rings. The number of halogens is 3. The molecule has 44 heavy (non-hydrogen) atoms. The molecule has 6 rings (SSSR count). The number of pyridine rings is 1. The summed E-state index contributed by atoms with van der Waals surface area (Å²) in [6, 6.07) is 17.3. The molecule has 1 atom stereocenters. The molecule has 2 aliphatic carbocycles. The fourth-order valence-corrected chi connectivity index (χ4v) is 6.24. The quantitative estimate of drug-likeness (QED) is 0.380. The summed E-state index contributed by atoms with van der Waals surface area (Å²) in [5.41, 5.74) is 1.77. The van der Waals surface area contributed by atoms with Crippen LogP contribution in [-0.4, -0.2) is 41.7 Å². The summed E-state index contributed by atoms with van der Waals surface area (Å²) in [5.74, 6) is -3.63. The predicted octanol–water partition coefficient (Wildman–Crippen LogP) is 5.40. The average Bonchev–Trinajstić information content (AvgIpc) is 3.63. The number of rotatable bonds is 6. The molecule has 8 nitrogen and oxygen atoms in total. The second-order valence-corrected chi connectivity index (χ2v) is 11.3. The number of nitrogens with zero attached hydrogens (tertiary/aromatic N) is 4. The van der Waals surface area contributed by atoms with E-state index in [1.54, 1.807) is 35.2 Å². The molecule has 0 bridgehead atoms. The smallest absolute Gasteiger partial charge is 0.251 e. The van der Waals surface area contributed by atoms with Crippen LogP contribution in [0.4, 0.5) is 24.5 Å². The number of benzene rings is 2. The third kappa shape index (κ3) is 6.30. The molecule has 0 radical (unpaired) electrons. The van der Waals surface area contributed by atoms with Crippen LogP contribution in [0, 0.1) is 17.1 Å². The molecular formula is C33H32F3N5O3. The highest BCUT2D eigenvalue weighted by atomic mass is 19.3. The number of aryl methyl sites for hydroxylation is 1. The van der Waals surface area contributed by atoms with Crippen molar-refractivity contribution in [3.05, 3.63) is 89.5 Å². The number of nitrogens with one attached hydrogen (secondary N) is 1. The minimum atomic E-state index is -2.71. The fourth-order valence-electron chi connectivity index (χ4n) is 6.24. The first kappa shape index (κ1) is 30.7. The first-order valence-electron chi connectivity index (χ1n) is 14.6. The Kier molecular flexibility index (Phi) is 8.99. The van der Waals surface area contributed by atoms with E-state index in [1.807, 2.05) is 18.2 Å². The van der Waals surface area contributed by atoms with Crippen molar-refractivity contribution in [2.75, 3.05) is 16.3 Å². The zero-order chi connectivity index (χ0) is 31.3. The van der Waals surface area contributed by atoms with Crippen LogP contribution < -0.4 is 15.1 Å². The van der Waals surface area contributed by atoms with Crippen molar-refractivity contribution in [2.24, 2.45) is 0 Å². The zero-order valence-electron chi connectivity index (χ0n) is 24.0. The normalized spacial score (nSPS) is 20.6. The van der Waals surface area contributed by atoms with E-state index in [1.165, 1.54) is 11.1 Å². The van der Waals surface area contributed by atoms with Crippen LogP contribution in [0.2, 0.25) is 0 Å². The molecule has 0 spiro atoms. The van der Waals surface area contributed by atoms with Crippen LogP contribution in [0.3, 0.4) is 0 Å². The molecule has 228 valence electrons. The van der Waals surface area contributed by atoms with Crippen molar-refractivity contribution in [2.45, 2.75) is 68.9 Å². The number of alkyl halides is 2. The van der Waals surface area contributed by atoms with Crippen LogP contribution >= 0.6 is 0 Å². The highest BCUT2D eigenvalue weighted by Crippen LogP contribution is 2.44. The number of carbonyl (C=O) groups excluding carboxylic acids is 3. The molecule has 1 aromatic heterocycles. The Labute approximate surface area is 253 Å². The summed E-state index contributed by atoms with van der Waals surface area (Å²) in [6.45, 7) is 0.772. The number of aromatic nitrogens is 1. The third-order valence-corrected chi connectivity index (χ3v) is 8.49. The summed E-state index contributed by atoms with van der Waals surface area (Å²) in [5, 5.41) is 11.6. The third-order valence-electron chi connectivity index (χ3n) is 8.49. The van der Waals surface area contributed by atoms with Crippen LogP contribution in [0.25, 0.3) is 0 Å². The lowest BCUT2D eigenvalue weighted by atomic mass is 9.86. The number of hydrogen-bond acceptors (Lipinski definition) is 5. The van der Waals surface area contributed by atoms with Crippen molar-refractivity contribution in [1.82, 2.24) is 10.3 Å². The second-order valence-electron chi connectivity index (χ2n) is 11.3. The van der Waals surface area contributed by atoms with E-state index < -0.39 is 29.2 Å². The number of amides is 3. The topological polar surface area (TPSA) is 106 Å². The van der Waals surface area contributed by atoms with Gasteiger partial charge in [0.2, 0.25) is 18.2 Å². The number of anilines is 2. The van der Waals surface area contributed by atoms with E-state index in [9.17, 15) is 27.6 Å². The van der Waals surface area contributed by atoms with E-state index >= 15 is 0 Å². The molecule has 3 amide bonds. The van der Waals surface area contributed by atoms with Gasteiger partial charge >= 0.3 is 0 Å². The molecule has 3 aliphatic rings. The van der Waals surface area contributed by atoms with Gasteiger partial charge in [-0.15, -0.1) is 0 Å². The van der Waals surface area contributed by atoms with Crippen LogP contribution in [0.15, 0.2) is 67.0 Å². The lowest BCUT2D eigenvalue weighted by Gasteiger charge is -2.40. The Morgan fingerprint density at radius 3 is 2.52 bits per heavy atom. The summed E-state index contributed by atoms with van der Waals surface area (Å²) in [6.07, 6.45) is 5.01. The van der Waals surface area contributed by atoms with Crippen LogP contribution in [0.5, 0.6) is 0 Å². The maximum atomic E-state index is 13.8. The Morgan fingerprint density at radius 1 is 1.07 bits per heavy atom. The fraction of sp³-hybridized carbons (Fsp3) is 0.364. The van der Waals surface area contributed by atoms with Crippen molar-refractivity contribution >= 4 is 29.6 Å². The van der Waals surface area contributed by atoms with E-state index in [0.29, 0.717) is 36.8 Å².